The molecule has 0 spiro atoms. The Balaban J connectivity index is 1.10. The van der Waals surface area contributed by atoms with Gasteiger partial charge in [-0.1, -0.05) is 83.9 Å². The van der Waals surface area contributed by atoms with Gasteiger partial charge in [0.1, 0.15) is 6.10 Å². The van der Waals surface area contributed by atoms with Crippen LogP contribution in [0.1, 0.15) is 138 Å². The molecule has 1 aliphatic heterocycles. The number of carbonyl (C=O) groups excluding carboxylic acids is 2. The van der Waals surface area contributed by atoms with Crippen LogP contribution in [-0.4, -0.2) is 82.7 Å². The molecule has 0 bridgehead atoms. The second-order valence-corrected chi connectivity index (χ2v) is 22.1. The van der Waals surface area contributed by atoms with Crippen LogP contribution in [0.2, 0.25) is 0 Å². The Kier molecular flexibility index (Phi) is 11.1. The number of aliphatic hydroxyl groups excluding tert-OH is 1. The van der Waals surface area contributed by atoms with Gasteiger partial charge in [-0.15, -0.1) is 0 Å². The number of benzene rings is 1. The molecule has 0 radical (unpaired) electrons. The van der Waals surface area contributed by atoms with Crippen molar-refractivity contribution < 1.29 is 29.3 Å². The highest BCUT2D eigenvalue weighted by molar-refractivity contribution is 6.00. The first kappa shape index (κ1) is 42.6. The number of piperazine rings is 1. The minimum Gasteiger partial charge on any atom is -0.481 e. The summed E-state index contributed by atoms with van der Waals surface area (Å²) in [5.41, 5.74) is 3.27. The van der Waals surface area contributed by atoms with Crippen LogP contribution >= 0.6 is 0 Å². The van der Waals surface area contributed by atoms with E-state index in [0.717, 1.165) is 89.7 Å². The number of aryl methyl sites for hydroxylation is 1. The van der Waals surface area contributed by atoms with Crippen molar-refractivity contribution in [1.82, 2.24) is 9.80 Å². The first-order chi connectivity index (χ1) is 26.6. The summed E-state index contributed by atoms with van der Waals surface area (Å²) in [4.78, 5) is 44.2. The van der Waals surface area contributed by atoms with E-state index in [1.165, 1.54) is 16.7 Å². The summed E-state index contributed by atoms with van der Waals surface area (Å²) in [7, 11) is 0. The van der Waals surface area contributed by atoms with Crippen LogP contribution in [0.3, 0.4) is 0 Å². The Morgan fingerprint density at radius 2 is 1.51 bits per heavy atom. The number of aliphatic hydroxyl groups is 1. The Labute approximate surface area is 343 Å². The Bertz CT molecular complexity index is 1760. The molecule has 316 valence electrons. The number of carbonyl (C=O) groups is 3. The molecular formula is C49H74N2O6. The summed E-state index contributed by atoms with van der Waals surface area (Å²) < 4.78 is 6.20. The molecule has 5 fully saturated rings. The number of carboxylic acid groups (broad SMARTS) is 1. The SMILES string of the molecule is Cc1ccc(CN2CCN(C[C@@H](O)[C@@]34CC[C@]5(C)[C@H](CC[C@@H]6[C@@]7(C)CC[C@H](OC(=O)CC(C)(C)C(=O)O)C(C)(C)[C@@H]7CC[C@]65C)C3=C(C(C)C)C(=O)C4)CC2)cc1. The summed E-state index contributed by atoms with van der Waals surface area (Å²) in [6, 6.07) is 8.85. The van der Waals surface area contributed by atoms with Gasteiger partial charge in [-0.3, -0.25) is 24.2 Å². The van der Waals surface area contributed by atoms with Crippen molar-refractivity contribution in [2.75, 3.05) is 32.7 Å². The number of allylic oxidation sites excluding steroid dienone is 1. The highest BCUT2D eigenvalue weighted by atomic mass is 16.5. The molecule has 1 aromatic rings. The zero-order chi connectivity index (χ0) is 41.5. The summed E-state index contributed by atoms with van der Waals surface area (Å²) in [6.07, 6.45) is 7.50. The number of fused-ring (bicyclic) bond motifs is 7. The lowest BCUT2D eigenvalue weighted by atomic mass is 9.33. The normalized spacial score (nSPS) is 37.6. The van der Waals surface area contributed by atoms with Gasteiger partial charge in [0.15, 0.2) is 5.78 Å². The quantitative estimate of drug-likeness (QED) is 0.227. The molecule has 57 heavy (non-hydrogen) atoms. The molecule has 5 aliphatic carbocycles. The van der Waals surface area contributed by atoms with Crippen LogP contribution in [0.15, 0.2) is 35.4 Å². The van der Waals surface area contributed by atoms with Gasteiger partial charge in [-0.2, -0.15) is 0 Å². The monoisotopic (exact) mass is 787 g/mol. The largest absolute Gasteiger partial charge is 0.481 e. The average Bonchev–Trinajstić information content (AvgIpc) is 3.44. The highest BCUT2D eigenvalue weighted by Crippen LogP contribution is 2.77. The minimum atomic E-state index is -1.16. The van der Waals surface area contributed by atoms with Crippen LogP contribution < -0.4 is 0 Å². The number of ether oxygens (including phenoxy) is 1. The van der Waals surface area contributed by atoms with Gasteiger partial charge in [-0.05, 0) is 123 Å². The van der Waals surface area contributed by atoms with Crippen LogP contribution in [-0.2, 0) is 25.7 Å². The third kappa shape index (κ3) is 6.97. The number of rotatable bonds is 10. The van der Waals surface area contributed by atoms with E-state index in [2.05, 4.69) is 89.5 Å². The molecule has 0 aromatic heterocycles. The predicted octanol–water partition coefficient (Wildman–Crippen LogP) is 8.87. The molecule has 1 heterocycles. The van der Waals surface area contributed by atoms with E-state index in [9.17, 15) is 24.6 Å². The van der Waals surface area contributed by atoms with Crippen molar-refractivity contribution in [2.45, 2.75) is 152 Å². The summed E-state index contributed by atoms with van der Waals surface area (Å²) in [5, 5.41) is 22.2. The second kappa shape index (κ2) is 14.9. The number of β-amino-alcohol motifs (C(OH)–C–C–N with tert-alkyl or cyclic N) is 1. The van der Waals surface area contributed by atoms with E-state index < -0.39 is 28.9 Å². The van der Waals surface area contributed by atoms with Gasteiger partial charge >= 0.3 is 11.9 Å². The summed E-state index contributed by atoms with van der Waals surface area (Å²) in [6.45, 7) is 27.4. The number of hydrogen-bond acceptors (Lipinski definition) is 7. The zero-order valence-corrected chi connectivity index (χ0v) is 37.0. The Morgan fingerprint density at radius 3 is 2.14 bits per heavy atom. The third-order valence-corrected chi connectivity index (χ3v) is 17.9. The molecule has 8 heteroatoms. The van der Waals surface area contributed by atoms with Gasteiger partial charge in [0.05, 0.1) is 17.9 Å². The number of Topliss-reactive ketones (excluding diaryl/α,β-unsaturated/α-hetero) is 1. The van der Waals surface area contributed by atoms with Gasteiger partial charge in [0.2, 0.25) is 0 Å². The minimum absolute atomic E-state index is 0.00465. The maximum atomic E-state index is 14.2. The fraction of sp³-hybridized carbons (Fsp3) is 0.776. The standard InChI is InChI=1S/C49H74N2O6/c1-31(2)41-35(52)27-49(38(53)30-51-25-23-50(24-26-51)29-33-13-11-32(3)12-14-33)22-21-47(9)34(42(41)49)15-16-37-46(8)19-18-39(57-40(54)28-44(4,5)43(55)56)45(6,7)36(46)17-20-48(37,47)10/h11-14,31,34,36-39,53H,15-30H2,1-10H3,(H,55,56)/t34-,36+,37-,38-,39+,46+,47-,48-,49+/m1/s1. The van der Waals surface area contributed by atoms with Crippen LogP contribution in [0.4, 0.5) is 0 Å². The van der Waals surface area contributed by atoms with Crippen LogP contribution in [0.25, 0.3) is 0 Å². The number of ketones is 1. The third-order valence-electron chi connectivity index (χ3n) is 17.9. The summed E-state index contributed by atoms with van der Waals surface area (Å²) in [5.74, 6) is 0.167. The number of nitrogens with zero attached hydrogens (tertiary/aromatic N) is 2. The van der Waals surface area contributed by atoms with E-state index in [0.29, 0.717) is 24.8 Å². The molecule has 2 N–H and O–H groups in total. The zero-order valence-electron chi connectivity index (χ0n) is 37.0. The van der Waals surface area contributed by atoms with Crippen molar-refractivity contribution in [3.05, 3.63) is 46.5 Å². The fourth-order valence-electron chi connectivity index (χ4n) is 14.4. The number of hydrogen-bond donors (Lipinski definition) is 2. The number of esters is 1. The van der Waals surface area contributed by atoms with Gasteiger partial charge in [0, 0.05) is 56.5 Å². The van der Waals surface area contributed by atoms with Gasteiger partial charge in [-0.25, -0.2) is 0 Å². The number of aliphatic carboxylic acids is 1. The van der Waals surface area contributed by atoms with Crippen LogP contribution in [0, 0.1) is 63.1 Å². The maximum absolute atomic E-state index is 14.2. The first-order valence-corrected chi connectivity index (χ1v) is 22.5. The van der Waals surface area contributed by atoms with Crippen molar-refractivity contribution >= 4 is 17.7 Å². The Morgan fingerprint density at radius 1 is 0.860 bits per heavy atom. The average molecular weight is 787 g/mol. The van der Waals surface area contributed by atoms with E-state index >= 15 is 0 Å². The maximum Gasteiger partial charge on any atom is 0.309 e. The van der Waals surface area contributed by atoms with Crippen molar-refractivity contribution in [2.24, 2.45) is 56.2 Å². The summed E-state index contributed by atoms with van der Waals surface area (Å²) >= 11 is 0. The molecule has 1 saturated heterocycles. The second-order valence-electron chi connectivity index (χ2n) is 22.1. The smallest absolute Gasteiger partial charge is 0.309 e. The van der Waals surface area contributed by atoms with Gasteiger partial charge in [0.25, 0.3) is 0 Å². The lowest BCUT2D eigenvalue weighted by Crippen LogP contribution is -2.66. The van der Waals surface area contributed by atoms with E-state index in [4.69, 9.17) is 4.74 Å². The molecule has 8 nitrogen and oxygen atoms in total. The predicted molar refractivity (Wildman–Crippen MR) is 224 cm³/mol. The lowest BCUT2D eigenvalue weighted by Gasteiger charge is -2.72. The first-order valence-electron chi connectivity index (χ1n) is 22.5. The molecule has 9 atom stereocenters. The Hall–Kier alpha value is -2.55. The number of carboxylic acids is 1. The molecule has 0 amide bonds. The molecule has 0 unspecified atom stereocenters. The molecular weight excluding hydrogens is 713 g/mol. The molecule has 4 saturated carbocycles. The lowest BCUT2D eigenvalue weighted by molar-refractivity contribution is -0.235. The topological polar surface area (TPSA) is 107 Å². The molecule has 7 rings (SSSR count). The fourth-order valence-corrected chi connectivity index (χ4v) is 14.4. The van der Waals surface area contributed by atoms with E-state index in [1.807, 2.05) is 0 Å². The van der Waals surface area contributed by atoms with Crippen molar-refractivity contribution in [3.63, 3.8) is 0 Å². The van der Waals surface area contributed by atoms with Crippen molar-refractivity contribution in [3.8, 4) is 0 Å². The van der Waals surface area contributed by atoms with E-state index in [-0.39, 0.29) is 51.8 Å². The molecule has 6 aliphatic rings. The van der Waals surface area contributed by atoms with Gasteiger partial charge < -0.3 is 14.9 Å². The highest BCUT2D eigenvalue weighted by Gasteiger charge is 2.71. The molecule has 1 aromatic carbocycles. The van der Waals surface area contributed by atoms with Crippen molar-refractivity contribution in [1.29, 1.82) is 0 Å². The van der Waals surface area contributed by atoms with Crippen LogP contribution in [0.5, 0.6) is 0 Å². The van der Waals surface area contributed by atoms with E-state index in [1.54, 1.807) is 13.8 Å².